The monoisotopic (exact) mass is 349 g/mol. The van der Waals surface area contributed by atoms with Gasteiger partial charge in [0.05, 0.1) is 5.69 Å². The highest BCUT2D eigenvalue weighted by Gasteiger charge is 2.29. The van der Waals surface area contributed by atoms with Crippen molar-refractivity contribution in [3.05, 3.63) is 17.0 Å². The van der Waals surface area contributed by atoms with Crippen LogP contribution in [-0.4, -0.2) is 26.1 Å². The molecular formula is C18H28ClN5. The number of halogens is 1. The fraction of sp³-hybridized carbons (Fsp3) is 0.722. The van der Waals surface area contributed by atoms with Gasteiger partial charge in [0.25, 0.3) is 5.78 Å². The molecule has 1 aliphatic rings. The first-order valence-electron chi connectivity index (χ1n) is 9.02. The number of nitrogens with one attached hydrogen (secondary N) is 1. The Balaban J connectivity index is 1.68. The average Bonchev–Trinajstić information content (AvgIpc) is 3.01. The molecular weight excluding hydrogens is 322 g/mol. The van der Waals surface area contributed by atoms with Crippen LogP contribution in [0, 0.1) is 17.3 Å². The van der Waals surface area contributed by atoms with E-state index in [1.54, 1.807) is 4.52 Å². The van der Waals surface area contributed by atoms with Crippen molar-refractivity contribution >= 4 is 23.2 Å². The summed E-state index contributed by atoms with van der Waals surface area (Å²) in [6.45, 7) is 10.1. The molecule has 5 nitrogen and oxygen atoms in total. The summed E-state index contributed by atoms with van der Waals surface area (Å²) >= 11 is 6.53. The number of anilines is 1. The molecule has 1 saturated carbocycles. The molecule has 0 radical (unpaired) electrons. The first-order chi connectivity index (χ1) is 11.4. The summed E-state index contributed by atoms with van der Waals surface area (Å²) in [5.41, 5.74) is 1.30. The third-order valence-corrected chi connectivity index (χ3v) is 5.80. The zero-order valence-electron chi connectivity index (χ0n) is 15.1. The van der Waals surface area contributed by atoms with Gasteiger partial charge in [-0.05, 0) is 49.4 Å². The second-order valence-corrected chi connectivity index (χ2v) is 8.39. The Kier molecular flexibility index (Phi) is 5.00. The largest absolute Gasteiger partial charge is 0.368 e. The van der Waals surface area contributed by atoms with Gasteiger partial charge in [0.15, 0.2) is 5.82 Å². The topological polar surface area (TPSA) is 55.1 Å². The first-order valence-corrected chi connectivity index (χ1v) is 9.40. The zero-order valence-corrected chi connectivity index (χ0v) is 15.9. The van der Waals surface area contributed by atoms with Crippen molar-refractivity contribution < 1.29 is 0 Å². The lowest BCUT2D eigenvalue weighted by Gasteiger charge is -2.37. The van der Waals surface area contributed by atoms with Gasteiger partial charge in [0, 0.05) is 6.54 Å². The zero-order chi connectivity index (χ0) is 17.3. The van der Waals surface area contributed by atoms with Crippen molar-refractivity contribution in [3.63, 3.8) is 0 Å². The van der Waals surface area contributed by atoms with E-state index >= 15 is 0 Å². The maximum absolute atomic E-state index is 6.53. The summed E-state index contributed by atoms with van der Waals surface area (Å²) in [6.07, 6.45) is 7.50. The Morgan fingerprint density at radius 3 is 2.58 bits per heavy atom. The van der Waals surface area contributed by atoms with Crippen molar-refractivity contribution in [2.75, 3.05) is 11.9 Å². The molecule has 0 spiro atoms. The number of hydrogen-bond donors (Lipinski definition) is 1. The van der Waals surface area contributed by atoms with Crippen LogP contribution in [0.15, 0.2) is 6.33 Å². The molecule has 1 fully saturated rings. The Morgan fingerprint density at radius 1 is 1.25 bits per heavy atom. The van der Waals surface area contributed by atoms with E-state index in [1.165, 1.54) is 32.0 Å². The summed E-state index contributed by atoms with van der Waals surface area (Å²) in [6, 6.07) is 0. The van der Waals surface area contributed by atoms with E-state index in [4.69, 9.17) is 11.6 Å². The standard InChI is InChI=1S/C18H28ClN5/c1-5-14-15(19)16(24-17(23-14)21-11-22-24)20-10-12-6-8-13(9-7-12)18(2,3)4/h11-13,20H,5-10H2,1-4H3. The molecule has 3 rings (SSSR count). The lowest BCUT2D eigenvalue weighted by atomic mass is 9.70. The lowest BCUT2D eigenvalue weighted by Crippen LogP contribution is -2.28. The van der Waals surface area contributed by atoms with E-state index in [0.29, 0.717) is 22.1 Å². The summed E-state index contributed by atoms with van der Waals surface area (Å²) < 4.78 is 1.71. The molecule has 2 aromatic heterocycles. The maximum Gasteiger partial charge on any atom is 0.254 e. The number of fused-ring (bicyclic) bond motifs is 1. The third-order valence-electron chi connectivity index (χ3n) is 5.40. The first kappa shape index (κ1) is 17.5. The highest BCUT2D eigenvalue weighted by Crippen LogP contribution is 2.40. The van der Waals surface area contributed by atoms with Crippen LogP contribution in [0.3, 0.4) is 0 Å². The number of nitrogens with zero attached hydrogens (tertiary/aromatic N) is 4. The van der Waals surface area contributed by atoms with Crippen molar-refractivity contribution in [2.45, 2.75) is 59.8 Å². The van der Waals surface area contributed by atoms with Crippen LogP contribution in [0.25, 0.3) is 5.78 Å². The minimum Gasteiger partial charge on any atom is -0.368 e. The Hall–Kier alpha value is -1.36. The molecule has 0 unspecified atom stereocenters. The summed E-state index contributed by atoms with van der Waals surface area (Å²) in [5, 5.41) is 8.45. The van der Waals surface area contributed by atoms with Crippen LogP contribution in [-0.2, 0) is 6.42 Å². The summed E-state index contributed by atoms with van der Waals surface area (Å²) in [7, 11) is 0. The van der Waals surface area contributed by atoms with Gasteiger partial charge in [-0.25, -0.2) is 4.98 Å². The molecule has 0 saturated heterocycles. The molecule has 0 bridgehead atoms. The van der Waals surface area contributed by atoms with E-state index in [0.717, 1.165) is 30.4 Å². The summed E-state index contributed by atoms with van der Waals surface area (Å²) in [5.74, 6) is 2.97. The minimum atomic E-state index is 0.426. The van der Waals surface area contributed by atoms with Crippen molar-refractivity contribution in [2.24, 2.45) is 17.3 Å². The van der Waals surface area contributed by atoms with E-state index in [2.05, 4.69) is 48.1 Å². The quantitative estimate of drug-likeness (QED) is 0.876. The highest BCUT2D eigenvalue weighted by atomic mass is 35.5. The average molecular weight is 350 g/mol. The molecule has 0 atom stereocenters. The minimum absolute atomic E-state index is 0.426. The Labute approximate surface area is 149 Å². The lowest BCUT2D eigenvalue weighted by molar-refractivity contribution is 0.153. The van der Waals surface area contributed by atoms with Gasteiger partial charge < -0.3 is 5.32 Å². The van der Waals surface area contributed by atoms with Gasteiger partial charge in [-0.1, -0.05) is 39.3 Å². The fourth-order valence-corrected chi connectivity index (χ4v) is 4.05. The predicted molar refractivity (Wildman–Crippen MR) is 98.6 cm³/mol. The van der Waals surface area contributed by atoms with Crippen LogP contribution in [0.1, 0.15) is 59.1 Å². The van der Waals surface area contributed by atoms with E-state index in [-0.39, 0.29) is 0 Å². The molecule has 0 aromatic carbocycles. The molecule has 24 heavy (non-hydrogen) atoms. The number of aromatic nitrogens is 4. The van der Waals surface area contributed by atoms with Crippen LogP contribution < -0.4 is 5.32 Å². The van der Waals surface area contributed by atoms with E-state index < -0.39 is 0 Å². The maximum atomic E-state index is 6.53. The normalized spacial score (nSPS) is 22.0. The smallest absolute Gasteiger partial charge is 0.254 e. The van der Waals surface area contributed by atoms with Gasteiger partial charge in [-0.15, -0.1) is 0 Å². The predicted octanol–water partition coefficient (Wildman–Crippen LogP) is 4.60. The SMILES string of the molecule is CCc1nc2ncnn2c(NCC2CCC(C(C)(C)C)CC2)c1Cl. The van der Waals surface area contributed by atoms with Crippen molar-refractivity contribution in [1.29, 1.82) is 0 Å². The number of aryl methyl sites for hydroxylation is 1. The molecule has 2 heterocycles. The van der Waals surface area contributed by atoms with Gasteiger partial charge in [0.1, 0.15) is 11.3 Å². The third kappa shape index (κ3) is 3.51. The van der Waals surface area contributed by atoms with Gasteiger partial charge in [0.2, 0.25) is 0 Å². The fourth-order valence-electron chi connectivity index (χ4n) is 3.73. The number of rotatable bonds is 4. The molecule has 6 heteroatoms. The van der Waals surface area contributed by atoms with Gasteiger partial charge in [-0.2, -0.15) is 14.6 Å². The Bertz CT molecular complexity index is 695. The van der Waals surface area contributed by atoms with Gasteiger partial charge >= 0.3 is 0 Å². The molecule has 1 N–H and O–H groups in total. The number of hydrogen-bond acceptors (Lipinski definition) is 4. The molecule has 2 aromatic rings. The molecule has 1 aliphatic carbocycles. The second kappa shape index (κ2) is 6.87. The van der Waals surface area contributed by atoms with Crippen LogP contribution in [0.4, 0.5) is 5.82 Å². The highest BCUT2D eigenvalue weighted by molar-refractivity contribution is 6.33. The second-order valence-electron chi connectivity index (χ2n) is 8.01. The van der Waals surface area contributed by atoms with Crippen LogP contribution >= 0.6 is 11.6 Å². The molecule has 132 valence electrons. The van der Waals surface area contributed by atoms with E-state index in [9.17, 15) is 0 Å². The molecule has 0 aliphatic heterocycles. The van der Waals surface area contributed by atoms with Crippen molar-refractivity contribution in [1.82, 2.24) is 19.6 Å². The molecule has 0 amide bonds. The summed E-state index contributed by atoms with van der Waals surface area (Å²) in [4.78, 5) is 8.67. The van der Waals surface area contributed by atoms with E-state index in [1.807, 2.05) is 0 Å². The Morgan fingerprint density at radius 2 is 1.96 bits per heavy atom. The van der Waals surface area contributed by atoms with Crippen molar-refractivity contribution in [3.8, 4) is 0 Å². The van der Waals surface area contributed by atoms with Gasteiger partial charge in [-0.3, -0.25) is 0 Å². The van der Waals surface area contributed by atoms with Crippen LogP contribution in [0.5, 0.6) is 0 Å². The van der Waals surface area contributed by atoms with Crippen LogP contribution in [0.2, 0.25) is 5.02 Å².